The van der Waals surface area contributed by atoms with Gasteiger partial charge in [0.25, 0.3) is 5.91 Å². The van der Waals surface area contributed by atoms with Crippen molar-refractivity contribution in [2.75, 3.05) is 13.6 Å². The highest BCUT2D eigenvalue weighted by atomic mass is 32.1. The normalized spacial score (nSPS) is 9.86. The van der Waals surface area contributed by atoms with Crippen LogP contribution in [-0.2, 0) is 6.54 Å². The standard InChI is InChI=1S/C15H16N4OS/c1-11-7-18-14(8-17-11)15(20)19(2)9-13-6-12(10-21-13)4-3-5-16/h6-8,10H,5,9,16H2,1-2H3. The zero-order chi connectivity index (χ0) is 15.2. The van der Waals surface area contributed by atoms with Crippen LogP contribution in [0.2, 0.25) is 0 Å². The fourth-order valence-corrected chi connectivity index (χ4v) is 2.55. The molecule has 0 spiro atoms. The number of amides is 1. The monoisotopic (exact) mass is 300 g/mol. The van der Waals surface area contributed by atoms with Gasteiger partial charge in [0.2, 0.25) is 0 Å². The van der Waals surface area contributed by atoms with E-state index in [2.05, 4.69) is 21.8 Å². The summed E-state index contributed by atoms with van der Waals surface area (Å²) in [5.74, 6) is 5.64. The lowest BCUT2D eigenvalue weighted by molar-refractivity contribution is 0.0780. The van der Waals surface area contributed by atoms with Gasteiger partial charge in [0, 0.05) is 29.1 Å². The second kappa shape index (κ2) is 6.97. The Morgan fingerprint density at radius 2 is 2.24 bits per heavy atom. The number of aryl methyl sites for hydroxylation is 1. The van der Waals surface area contributed by atoms with E-state index >= 15 is 0 Å². The van der Waals surface area contributed by atoms with Gasteiger partial charge in [0.05, 0.1) is 25.0 Å². The number of aromatic nitrogens is 2. The van der Waals surface area contributed by atoms with E-state index in [1.54, 1.807) is 29.5 Å². The first-order valence-corrected chi connectivity index (χ1v) is 7.28. The average molecular weight is 300 g/mol. The van der Waals surface area contributed by atoms with Crippen LogP contribution in [0, 0.1) is 18.8 Å². The van der Waals surface area contributed by atoms with Gasteiger partial charge >= 0.3 is 0 Å². The molecule has 0 saturated heterocycles. The second-order valence-corrected chi connectivity index (χ2v) is 5.51. The van der Waals surface area contributed by atoms with Gasteiger partial charge in [-0.15, -0.1) is 11.3 Å². The molecule has 0 aliphatic rings. The number of nitrogens with two attached hydrogens (primary N) is 1. The first-order chi connectivity index (χ1) is 10.1. The van der Waals surface area contributed by atoms with Crippen molar-refractivity contribution in [3.63, 3.8) is 0 Å². The van der Waals surface area contributed by atoms with Gasteiger partial charge in [-0.25, -0.2) is 4.98 Å². The zero-order valence-electron chi connectivity index (χ0n) is 12.0. The number of hydrogen-bond donors (Lipinski definition) is 1. The Hall–Kier alpha value is -2.23. The molecule has 21 heavy (non-hydrogen) atoms. The molecule has 0 bridgehead atoms. The Labute approximate surface area is 127 Å². The Bertz CT molecular complexity index is 682. The first-order valence-electron chi connectivity index (χ1n) is 6.40. The van der Waals surface area contributed by atoms with E-state index in [0.717, 1.165) is 16.1 Å². The topological polar surface area (TPSA) is 72.1 Å². The molecule has 1 amide bonds. The third-order valence-electron chi connectivity index (χ3n) is 2.73. The molecule has 5 nitrogen and oxygen atoms in total. The van der Waals surface area contributed by atoms with Gasteiger partial charge in [0.15, 0.2) is 0 Å². The Morgan fingerprint density at radius 3 is 2.90 bits per heavy atom. The Kier molecular flexibility index (Phi) is 5.04. The van der Waals surface area contributed by atoms with E-state index in [-0.39, 0.29) is 5.91 Å². The van der Waals surface area contributed by atoms with E-state index in [1.807, 2.05) is 18.4 Å². The molecule has 2 N–H and O–H groups in total. The largest absolute Gasteiger partial charge is 0.335 e. The number of nitrogens with zero attached hydrogens (tertiary/aromatic N) is 3. The van der Waals surface area contributed by atoms with Crippen molar-refractivity contribution in [3.8, 4) is 11.8 Å². The highest BCUT2D eigenvalue weighted by Crippen LogP contribution is 2.16. The summed E-state index contributed by atoms with van der Waals surface area (Å²) in [4.78, 5) is 23.1. The lowest BCUT2D eigenvalue weighted by atomic mass is 10.3. The van der Waals surface area contributed by atoms with Crippen molar-refractivity contribution in [1.29, 1.82) is 0 Å². The smallest absolute Gasteiger partial charge is 0.274 e. The van der Waals surface area contributed by atoms with E-state index in [9.17, 15) is 4.79 Å². The van der Waals surface area contributed by atoms with Crippen LogP contribution in [-0.4, -0.2) is 34.4 Å². The molecule has 0 radical (unpaired) electrons. The minimum atomic E-state index is -0.148. The fourth-order valence-electron chi connectivity index (χ4n) is 1.69. The summed E-state index contributed by atoms with van der Waals surface area (Å²) in [6, 6.07) is 1.97. The molecule has 2 aromatic heterocycles. The average Bonchev–Trinajstić information content (AvgIpc) is 2.92. The molecule has 0 aliphatic carbocycles. The molecule has 2 aromatic rings. The van der Waals surface area contributed by atoms with Crippen molar-refractivity contribution in [2.24, 2.45) is 5.73 Å². The van der Waals surface area contributed by atoms with Gasteiger partial charge in [-0.05, 0) is 13.0 Å². The molecular formula is C15H16N4OS. The van der Waals surface area contributed by atoms with Gasteiger partial charge in [-0.3, -0.25) is 9.78 Å². The zero-order valence-corrected chi connectivity index (χ0v) is 12.8. The molecule has 6 heteroatoms. The summed E-state index contributed by atoms with van der Waals surface area (Å²) in [5, 5.41) is 1.96. The Morgan fingerprint density at radius 1 is 1.43 bits per heavy atom. The molecule has 0 atom stereocenters. The van der Waals surface area contributed by atoms with Crippen LogP contribution in [0.5, 0.6) is 0 Å². The summed E-state index contributed by atoms with van der Waals surface area (Å²) in [6.07, 6.45) is 3.09. The number of carbonyl (C=O) groups excluding carboxylic acids is 1. The van der Waals surface area contributed by atoms with Crippen molar-refractivity contribution in [1.82, 2.24) is 14.9 Å². The van der Waals surface area contributed by atoms with Gasteiger partial charge in [-0.1, -0.05) is 11.8 Å². The number of carbonyl (C=O) groups is 1. The van der Waals surface area contributed by atoms with Gasteiger partial charge in [0.1, 0.15) is 5.69 Å². The molecule has 2 heterocycles. The van der Waals surface area contributed by atoms with Crippen molar-refractivity contribution in [2.45, 2.75) is 13.5 Å². The maximum absolute atomic E-state index is 12.2. The van der Waals surface area contributed by atoms with Gasteiger partial charge < -0.3 is 10.6 Å². The molecule has 0 aromatic carbocycles. The molecular weight excluding hydrogens is 284 g/mol. The maximum Gasteiger partial charge on any atom is 0.274 e. The highest BCUT2D eigenvalue weighted by molar-refractivity contribution is 7.10. The SMILES string of the molecule is Cc1cnc(C(=O)N(C)Cc2cc(C#CCN)cs2)cn1. The predicted octanol–water partition coefficient (Wildman–Crippen LogP) is 1.43. The van der Waals surface area contributed by atoms with Crippen LogP contribution >= 0.6 is 11.3 Å². The van der Waals surface area contributed by atoms with E-state index in [0.29, 0.717) is 18.8 Å². The second-order valence-electron chi connectivity index (χ2n) is 4.51. The maximum atomic E-state index is 12.2. The predicted molar refractivity (Wildman–Crippen MR) is 82.8 cm³/mol. The molecule has 0 unspecified atom stereocenters. The van der Waals surface area contributed by atoms with Crippen molar-refractivity contribution >= 4 is 17.2 Å². The summed E-state index contributed by atoms with van der Waals surface area (Å²) in [6.45, 7) is 2.69. The van der Waals surface area contributed by atoms with Crippen LogP contribution in [0.1, 0.15) is 26.6 Å². The minimum absolute atomic E-state index is 0.148. The molecule has 108 valence electrons. The van der Waals surface area contributed by atoms with Gasteiger partial charge in [-0.2, -0.15) is 0 Å². The van der Waals surface area contributed by atoms with E-state index in [1.165, 1.54) is 6.20 Å². The van der Waals surface area contributed by atoms with Crippen LogP contribution < -0.4 is 5.73 Å². The number of hydrogen-bond acceptors (Lipinski definition) is 5. The molecule has 0 fully saturated rings. The quantitative estimate of drug-likeness (QED) is 0.870. The van der Waals surface area contributed by atoms with E-state index in [4.69, 9.17) is 5.73 Å². The van der Waals surface area contributed by atoms with Crippen molar-refractivity contribution < 1.29 is 4.79 Å². The fraction of sp³-hybridized carbons (Fsp3) is 0.267. The van der Waals surface area contributed by atoms with Crippen LogP contribution in [0.15, 0.2) is 23.8 Å². The lowest BCUT2D eigenvalue weighted by Gasteiger charge is -2.15. The number of rotatable bonds is 3. The third kappa shape index (κ3) is 4.12. The summed E-state index contributed by atoms with van der Waals surface area (Å²) in [5.41, 5.74) is 7.41. The third-order valence-corrected chi connectivity index (χ3v) is 3.65. The number of thiophene rings is 1. The van der Waals surface area contributed by atoms with Crippen LogP contribution in [0.25, 0.3) is 0 Å². The van der Waals surface area contributed by atoms with E-state index < -0.39 is 0 Å². The molecule has 0 saturated carbocycles. The van der Waals surface area contributed by atoms with Crippen LogP contribution in [0.3, 0.4) is 0 Å². The minimum Gasteiger partial charge on any atom is -0.335 e. The first kappa shape index (κ1) is 15.2. The summed E-state index contributed by atoms with van der Waals surface area (Å²) >= 11 is 1.57. The lowest BCUT2D eigenvalue weighted by Crippen LogP contribution is -2.26. The summed E-state index contributed by atoms with van der Waals surface area (Å²) < 4.78 is 0. The highest BCUT2D eigenvalue weighted by Gasteiger charge is 2.14. The molecule has 2 rings (SSSR count). The van der Waals surface area contributed by atoms with Crippen molar-refractivity contribution in [3.05, 3.63) is 45.7 Å². The van der Waals surface area contributed by atoms with Crippen LogP contribution in [0.4, 0.5) is 0 Å². The molecule has 0 aliphatic heterocycles. The Balaban J connectivity index is 2.03. The summed E-state index contributed by atoms with van der Waals surface area (Å²) in [7, 11) is 1.74.